The van der Waals surface area contributed by atoms with Crippen molar-refractivity contribution < 1.29 is 4.62 Å². The molecule has 0 rings (SSSR count). The lowest BCUT2D eigenvalue weighted by atomic mass is 13.4. The second kappa shape index (κ2) is 3.92. The maximum atomic E-state index is 8.86. The molecule has 0 N–H and O–H groups in total. The Hall–Kier alpha value is -0.0800. The van der Waals surface area contributed by atoms with Gasteiger partial charge in [0.05, 0.1) is 0 Å². The second-order valence-electron chi connectivity index (χ2n) is 0.231. The highest BCUT2D eigenvalue weighted by Gasteiger charge is 1.58. The number of nitrogens with zero attached hydrogens (tertiary/aromatic N) is 1. The molecule has 0 atom stereocenters. The summed E-state index contributed by atoms with van der Waals surface area (Å²) in [7, 11) is 0.134. The van der Waals surface area contributed by atoms with Crippen LogP contribution in [0, 0.1) is 4.91 Å². The average Bonchev–Trinajstić information content (AvgIpc) is 1.41. The summed E-state index contributed by atoms with van der Waals surface area (Å²) in [4.78, 5) is 8.86. The van der Waals surface area contributed by atoms with Crippen LogP contribution in [0.15, 0.2) is 5.34 Å². The zero-order valence-corrected chi connectivity index (χ0v) is 3.83. The van der Waals surface area contributed by atoms with Crippen molar-refractivity contribution in [2.45, 2.75) is 0 Å². The van der Waals surface area contributed by atoms with E-state index in [1.165, 1.54) is 0 Å². The molecule has 0 aromatic carbocycles. The predicted octanol–water partition coefficient (Wildman–Crippen LogP) is 1.01. The van der Waals surface area contributed by atoms with Gasteiger partial charge in [0, 0.05) is 0 Å². The zero-order valence-electron chi connectivity index (χ0n) is 2.12. The minimum absolute atomic E-state index is 0.134. The molecule has 0 saturated carbocycles. The molecule has 0 fully saturated rings. The van der Waals surface area contributed by atoms with Crippen LogP contribution in [0.3, 0.4) is 0 Å². The van der Waals surface area contributed by atoms with E-state index in [2.05, 4.69) is 16.4 Å². The van der Waals surface area contributed by atoms with E-state index < -0.39 is 0 Å². The summed E-state index contributed by atoms with van der Waals surface area (Å²) in [6, 6.07) is 0. The summed E-state index contributed by atoms with van der Waals surface area (Å²) in [5.74, 6) is 0. The first kappa shape index (κ1) is 4.92. The molecule has 0 amide bonds. The molecule has 0 unspecified atom stereocenters. The lowest BCUT2D eigenvalue weighted by molar-refractivity contribution is 0.394. The molecule has 5 heavy (non-hydrogen) atoms. The molecule has 0 saturated heterocycles. The van der Waals surface area contributed by atoms with Crippen molar-refractivity contribution in [3.63, 3.8) is 0 Å². The fourth-order valence-electron chi connectivity index (χ4n) is 0.0136. The van der Waals surface area contributed by atoms with Gasteiger partial charge in [0.1, 0.15) is 0 Å². The summed E-state index contributed by atoms with van der Waals surface area (Å²) in [6.45, 7) is 0. The molecule has 28 valence electrons. The molecule has 0 aliphatic rings. The van der Waals surface area contributed by atoms with Crippen molar-refractivity contribution in [2.75, 3.05) is 0 Å². The monoisotopic (exact) mass is 109 g/mol. The van der Waals surface area contributed by atoms with Crippen LogP contribution in [0.2, 0.25) is 0 Å². The van der Waals surface area contributed by atoms with Crippen LogP contribution in [0.5, 0.6) is 0 Å². The Morgan fingerprint density at radius 2 is 2.60 bits per heavy atom. The van der Waals surface area contributed by atoms with Gasteiger partial charge in [-0.05, 0) is 11.8 Å². The van der Waals surface area contributed by atoms with Gasteiger partial charge in [0.15, 0.2) is 5.34 Å². The van der Waals surface area contributed by atoms with E-state index in [1.54, 1.807) is 0 Å². The number of rotatable bonds is 2. The van der Waals surface area contributed by atoms with E-state index >= 15 is 0 Å². The Kier molecular flexibility index (Phi) is 3.86. The van der Waals surface area contributed by atoms with E-state index in [1.807, 2.05) is 5.34 Å². The van der Waals surface area contributed by atoms with E-state index in [4.69, 9.17) is 4.91 Å². The second-order valence-corrected chi connectivity index (χ2v) is 0.990. The van der Waals surface area contributed by atoms with Crippen LogP contribution in [0.25, 0.3) is 0 Å². The molecule has 0 aromatic rings. The van der Waals surface area contributed by atoms with Gasteiger partial charge in [0.25, 0.3) is 0 Å². The van der Waals surface area contributed by atoms with Gasteiger partial charge in [-0.3, -0.25) is 4.62 Å². The SMILES string of the molecule is O=NOP=S. The minimum atomic E-state index is 0.134. The van der Waals surface area contributed by atoms with E-state index in [0.29, 0.717) is 0 Å². The number of hydrogen-bond donors (Lipinski definition) is 0. The third-order valence-corrected chi connectivity index (χ3v) is 0.400. The molecule has 3 nitrogen and oxygen atoms in total. The van der Waals surface area contributed by atoms with Crippen LogP contribution < -0.4 is 0 Å². The zero-order chi connectivity index (χ0) is 4.12. The lowest BCUT2D eigenvalue weighted by Gasteiger charge is -1.62. The summed E-state index contributed by atoms with van der Waals surface area (Å²) in [6.07, 6.45) is 0. The van der Waals surface area contributed by atoms with Gasteiger partial charge in [-0.25, -0.2) is 0 Å². The summed E-state index contributed by atoms with van der Waals surface area (Å²) in [5.41, 5.74) is 0. The molecule has 0 radical (unpaired) electrons. The average molecular weight is 109 g/mol. The standard InChI is InChI=1S/NO2PS/c2-1-3-4-5. The Morgan fingerprint density at radius 1 is 2.00 bits per heavy atom. The molecule has 5 heteroatoms. The van der Waals surface area contributed by atoms with Crippen LogP contribution in [-0.4, -0.2) is 0 Å². The Morgan fingerprint density at radius 3 is 2.60 bits per heavy atom. The number of hydrogen-bond acceptors (Lipinski definition) is 4. The van der Waals surface area contributed by atoms with E-state index in [-0.39, 0.29) is 7.58 Å². The molecule has 0 bridgehead atoms. The van der Waals surface area contributed by atoms with Gasteiger partial charge in [-0.15, -0.1) is 4.91 Å². The Bertz CT molecular complexity index is 38.9. The summed E-state index contributed by atoms with van der Waals surface area (Å²) < 4.78 is 3.69. The van der Waals surface area contributed by atoms with Gasteiger partial charge >= 0.3 is 0 Å². The largest absolute Gasteiger partial charge is 0.294 e. The Labute approximate surface area is 35.2 Å². The molecule has 0 aliphatic carbocycles. The van der Waals surface area contributed by atoms with Crippen molar-refractivity contribution >= 4 is 19.4 Å². The van der Waals surface area contributed by atoms with Crippen molar-refractivity contribution in [3.05, 3.63) is 4.91 Å². The third-order valence-electron chi connectivity index (χ3n) is 0.0667. The quantitative estimate of drug-likeness (QED) is 0.301. The summed E-state index contributed by atoms with van der Waals surface area (Å²) >= 11 is 4.11. The fraction of sp³-hybridized carbons (Fsp3) is 0. The van der Waals surface area contributed by atoms with Crippen LogP contribution in [0.4, 0.5) is 0 Å². The molecular formula is NO2PS. The van der Waals surface area contributed by atoms with E-state index in [0.717, 1.165) is 0 Å². The minimum Gasteiger partial charge on any atom is -0.294 e. The van der Waals surface area contributed by atoms with Gasteiger partial charge in [0.2, 0.25) is 7.58 Å². The summed E-state index contributed by atoms with van der Waals surface area (Å²) in [5, 5.41) is 1.99. The van der Waals surface area contributed by atoms with Crippen LogP contribution in [-0.2, 0) is 16.4 Å². The highest BCUT2D eigenvalue weighted by molar-refractivity contribution is 7.94. The highest BCUT2D eigenvalue weighted by atomic mass is 32.4. The first-order chi connectivity index (χ1) is 2.41. The fourth-order valence-corrected chi connectivity index (χ4v) is 0.122. The predicted molar refractivity (Wildman–Crippen MR) is 21.2 cm³/mol. The van der Waals surface area contributed by atoms with Gasteiger partial charge in [-0.1, -0.05) is 0 Å². The van der Waals surface area contributed by atoms with Crippen molar-refractivity contribution in [1.29, 1.82) is 0 Å². The normalized spacial score (nSPS) is 7.20. The van der Waals surface area contributed by atoms with E-state index in [9.17, 15) is 0 Å². The maximum absolute atomic E-state index is 8.86. The van der Waals surface area contributed by atoms with Crippen LogP contribution in [0.1, 0.15) is 0 Å². The van der Waals surface area contributed by atoms with Crippen molar-refractivity contribution in [3.8, 4) is 0 Å². The van der Waals surface area contributed by atoms with Crippen molar-refractivity contribution in [1.82, 2.24) is 0 Å². The third kappa shape index (κ3) is 3.92. The molecular weight excluding hydrogens is 109 g/mol. The highest BCUT2D eigenvalue weighted by Crippen LogP contribution is 1.90. The first-order valence-corrected chi connectivity index (χ1v) is 2.56. The molecule has 0 heterocycles. The topological polar surface area (TPSA) is 38.7 Å². The van der Waals surface area contributed by atoms with Crippen molar-refractivity contribution in [2.24, 2.45) is 5.34 Å². The lowest BCUT2D eigenvalue weighted by Crippen LogP contribution is -1.40. The molecule has 0 aromatic heterocycles. The smallest absolute Gasteiger partial charge is 0.243 e. The molecule has 0 spiro atoms. The Balaban J connectivity index is 2.65. The van der Waals surface area contributed by atoms with Gasteiger partial charge < -0.3 is 0 Å². The van der Waals surface area contributed by atoms with Gasteiger partial charge in [-0.2, -0.15) is 0 Å². The molecule has 0 aliphatic heterocycles. The maximum Gasteiger partial charge on any atom is 0.243 e. The van der Waals surface area contributed by atoms with Crippen LogP contribution >= 0.6 is 7.58 Å². The first-order valence-electron chi connectivity index (χ1n) is 0.730.